The Balaban J connectivity index is 1.37. The fourth-order valence-corrected chi connectivity index (χ4v) is 5.12. The zero-order chi connectivity index (χ0) is 21.9. The lowest BCUT2D eigenvalue weighted by atomic mass is 9.92. The second-order valence-corrected chi connectivity index (χ2v) is 8.59. The zero-order valence-electron chi connectivity index (χ0n) is 17.4. The third-order valence-electron chi connectivity index (χ3n) is 6.41. The lowest BCUT2D eigenvalue weighted by molar-refractivity contribution is 0.669. The van der Waals surface area contributed by atoms with E-state index < -0.39 is 0 Å². The minimum absolute atomic E-state index is 0.0940. The quantitative estimate of drug-likeness (QED) is 0.296. The van der Waals surface area contributed by atoms with Gasteiger partial charge in [0.15, 0.2) is 5.82 Å². The first-order valence-electron chi connectivity index (χ1n) is 10.8. The summed E-state index contributed by atoms with van der Waals surface area (Å²) < 4.78 is 6.06. The molecule has 3 heterocycles. The molecule has 1 aliphatic carbocycles. The van der Waals surface area contributed by atoms with Crippen molar-refractivity contribution in [1.29, 1.82) is 0 Å². The van der Waals surface area contributed by atoms with Gasteiger partial charge in [0.1, 0.15) is 11.2 Å². The van der Waals surface area contributed by atoms with E-state index in [1.807, 2.05) is 42.5 Å². The van der Waals surface area contributed by atoms with Crippen molar-refractivity contribution in [2.24, 2.45) is 0 Å². The molecule has 6 heteroatoms. The van der Waals surface area contributed by atoms with E-state index in [-0.39, 0.29) is 17.2 Å². The van der Waals surface area contributed by atoms with Crippen molar-refractivity contribution in [1.82, 2.24) is 15.0 Å². The van der Waals surface area contributed by atoms with E-state index in [2.05, 4.69) is 63.4 Å². The maximum atomic E-state index is 6.42. The van der Waals surface area contributed by atoms with Crippen LogP contribution in [0.4, 0.5) is 11.6 Å². The molecule has 0 amide bonds. The van der Waals surface area contributed by atoms with Crippen molar-refractivity contribution in [2.45, 2.75) is 12.0 Å². The van der Waals surface area contributed by atoms with Gasteiger partial charge in [0.25, 0.3) is 0 Å². The molecule has 5 aromatic rings. The summed E-state index contributed by atoms with van der Waals surface area (Å²) in [5.41, 5.74) is 4.82. The number of halogens is 1. The number of rotatable bonds is 2. The molecule has 2 unspecified atom stereocenters. The van der Waals surface area contributed by atoms with Crippen molar-refractivity contribution in [3.63, 3.8) is 0 Å². The molecule has 0 radical (unpaired) electrons. The number of para-hydroxylation sites is 2. The zero-order valence-corrected chi connectivity index (χ0v) is 18.1. The Bertz CT molecular complexity index is 1620. The molecule has 0 saturated carbocycles. The van der Waals surface area contributed by atoms with Crippen LogP contribution in [-0.4, -0.2) is 21.0 Å². The summed E-state index contributed by atoms with van der Waals surface area (Å²) in [5.74, 6) is 1.30. The molecule has 0 N–H and O–H groups in total. The van der Waals surface area contributed by atoms with Gasteiger partial charge >= 0.3 is 0 Å². The standard InChI is InChI=1S/C27H17ClN4O/c28-26-29-25(16-13-14-20-19-9-3-6-12-23(19)33-24(20)15-16)30-27(31-26)32-21-10-4-1-7-17(21)18-8-2-5-11-22(18)32/h1-15,17,21H. The first kappa shape index (κ1) is 18.6. The number of anilines is 2. The van der Waals surface area contributed by atoms with Crippen LogP contribution < -0.4 is 4.90 Å². The summed E-state index contributed by atoms with van der Waals surface area (Å²) >= 11 is 6.42. The number of hydrogen-bond acceptors (Lipinski definition) is 5. The molecule has 0 saturated heterocycles. The molecule has 2 aliphatic rings. The van der Waals surface area contributed by atoms with E-state index in [1.165, 1.54) is 5.56 Å². The Morgan fingerprint density at radius 2 is 1.61 bits per heavy atom. The van der Waals surface area contributed by atoms with Crippen molar-refractivity contribution in [3.8, 4) is 11.4 Å². The molecule has 1 aliphatic heterocycles. The van der Waals surface area contributed by atoms with Gasteiger partial charge in [0.05, 0.1) is 6.04 Å². The van der Waals surface area contributed by atoms with E-state index in [9.17, 15) is 0 Å². The molecule has 0 spiro atoms. The van der Waals surface area contributed by atoms with E-state index in [4.69, 9.17) is 21.0 Å². The van der Waals surface area contributed by atoms with Crippen LogP contribution in [0.1, 0.15) is 11.5 Å². The van der Waals surface area contributed by atoms with Gasteiger partial charge in [-0.3, -0.25) is 0 Å². The van der Waals surface area contributed by atoms with E-state index in [0.29, 0.717) is 11.8 Å². The predicted octanol–water partition coefficient (Wildman–Crippen LogP) is 6.82. The van der Waals surface area contributed by atoms with E-state index >= 15 is 0 Å². The lowest BCUT2D eigenvalue weighted by Gasteiger charge is -2.26. The maximum Gasteiger partial charge on any atom is 0.235 e. The molecule has 0 fully saturated rings. The van der Waals surface area contributed by atoms with Crippen LogP contribution in [0.25, 0.3) is 33.3 Å². The number of benzene rings is 3. The largest absolute Gasteiger partial charge is 0.456 e. The van der Waals surface area contributed by atoms with Gasteiger partial charge in [-0.1, -0.05) is 66.8 Å². The second-order valence-electron chi connectivity index (χ2n) is 8.25. The van der Waals surface area contributed by atoms with Crippen LogP contribution in [0.2, 0.25) is 5.28 Å². The molecule has 2 aromatic heterocycles. The summed E-state index contributed by atoms with van der Waals surface area (Å²) in [6, 6.07) is 22.5. The Morgan fingerprint density at radius 1 is 0.788 bits per heavy atom. The Morgan fingerprint density at radius 3 is 2.58 bits per heavy atom. The van der Waals surface area contributed by atoms with Crippen molar-refractivity contribution in [3.05, 3.63) is 102 Å². The fraction of sp³-hybridized carbons (Fsp3) is 0.0741. The highest BCUT2D eigenvalue weighted by atomic mass is 35.5. The van der Waals surface area contributed by atoms with Crippen LogP contribution in [0.3, 0.4) is 0 Å². The molecule has 5 nitrogen and oxygen atoms in total. The average Bonchev–Trinajstić information content (AvgIpc) is 3.39. The Kier molecular flexibility index (Phi) is 3.96. The van der Waals surface area contributed by atoms with Gasteiger partial charge in [-0.2, -0.15) is 15.0 Å². The van der Waals surface area contributed by atoms with Crippen LogP contribution in [0.5, 0.6) is 0 Å². The fourth-order valence-electron chi connectivity index (χ4n) is 4.96. The van der Waals surface area contributed by atoms with Crippen LogP contribution in [0.15, 0.2) is 95.5 Å². The van der Waals surface area contributed by atoms with Gasteiger partial charge in [-0.15, -0.1) is 0 Å². The predicted molar refractivity (Wildman–Crippen MR) is 131 cm³/mol. The van der Waals surface area contributed by atoms with Crippen LogP contribution in [-0.2, 0) is 0 Å². The van der Waals surface area contributed by atoms with Crippen LogP contribution in [0, 0.1) is 0 Å². The van der Waals surface area contributed by atoms with E-state index in [1.54, 1.807) is 0 Å². The van der Waals surface area contributed by atoms with Gasteiger partial charge in [-0.25, -0.2) is 0 Å². The number of furan rings is 1. The number of aromatic nitrogens is 3. The maximum absolute atomic E-state index is 6.42. The van der Waals surface area contributed by atoms with Gasteiger partial charge in [0.2, 0.25) is 11.2 Å². The van der Waals surface area contributed by atoms with Crippen molar-refractivity contribution < 1.29 is 4.42 Å². The van der Waals surface area contributed by atoms with Crippen molar-refractivity contribution >= 4 is 45.2 Å². The number of fused-ring (bicyclic) bond motifs is 6. The molecule has 3 aromatic carbocycles. The molecule has 7 rings (SSSR count). The molecule has 0 bridgehead atoms. The minimum atomic E-state index is 0.0940. The highest BCUT2D eigenvalue weighted by Gasteiger charge is 2.38. The lowest BCUT2D eigenvalue weighted by Crippen LogP contribution is -2.30. The Labute approximate surface area is 194 Å². The third kappa shape index (κ3) is 2.82. The summed E-state index contributed by atoms with van der Waals surface area (Å²) in [5, 5.41) is 2.31. The topological polar surface area (TPSA) is 55.1 Å². The first-order valence-corrected chi connectivity index (χ1v) is 11.2. The average molecular weight is 449 g/mol. The third-order valence-corrected chi connectivity index (χ3v) is 6.58. The van der Waals surface area contributed by atoms with Crippen LogP contribution >= 0.6 is 11.6 Å². The first-order chi connectivity index (χ1) is 16.3. The normalized spacial score (nSPS) is 18.8. The van der Waals surface area contributed by atoms with Gasteiger partial charge < -0.3 is 9.32 Å². The number of hydrogen-bond donors (Lipinski definition) is 0. The summed E-state index contributed by atoms with van der Waals surface area (Å²) in [6.45, 7) is 0. The van der Waals surface area contributed by atoms with Gasteiger partial charge in [0, 0.05) is 27.9 Å². The number of allylic oxidation sites excluding steroid dienone is 2. The summed E-state index contributed by atoms with van der Waals surface area (Å²) in [4.78, 5) is 16.0. The second kappa shape index (κ2) is 7.02. The Hall–Kier alpha value is -3.96. The highest BCUT2D eigenvalue weighted by Crippen LogP contribution is 2.46. The summed E-state index contributed by atoms with van der Waals surface area (Å²) in [6.07, 6.45) is 8.57. The molecule has 2 atom stereocenters. The molecule has 33 heavy (non-hydrogen) atoms. The highest BCUT2D eigenvalue weighted by molar-refractivity contribution is 6.28. The molecular formula is C27H17ClN4O. The van der Waals surface area contributed by atoms with Crippen molar-refractivity contribution in [2.75, 3.05) is 4.90 Å². The minimum Gasteiger partial charge on any atom is -0.456 e. The molecule has 158 valence electrons. The molecular weight excluding hydrogens is 432 g/mol. The monoisotopic (exact) mass is 448 g/mol. The van der Waals surface area contributed by atoms with Gasteiger partial charge in [-0.05, 0) is 41.4 Å². The number of nitrogens with zero attached hydrogens (tertiary/aromatic N) is 4. The smallest absolute Gasteiger partial charge is 0.235 e. The summed E-state index contributed by atoms with van der Waals surface area (Å²) in [7, 11) is 0. The van der Waals surface area contributed by atoms with E-state index in [0.717, 1.165) is 33.2 Å². The SMILES string of the molecule is Clc1nc(-c2ccc3c(c2)oc2ccccc23)nc(N2c3ccccc3C3C=CC=CC32)n1.